The molecule has 0 aliphatic carbocycles. The molecule has 2 saturated heterocycles. The molecule has 4 rings (SSSR count). The average Bonchev–Trinajstić information content (AvgIpc) is 3.38. The van der Waals surface area contributed by atoms with Crippen molar-refractivity contribution in [3.8, 4) is 0 Å². The molecule has 0 spiro atoms. The number of benzene rings is 2. The van der Waals surface area contributed by atoms with Gasteiger partial charge in [-0.15, -0.1) is 0 Å². The second-order valence-electron chi connectivity index (χ2n) is 7.41. The number of rotatable bonds is 6. The second kappa shape index (κ2) is 9.80. The van der Waals surface area contributed by atoms with E-state index in [4.69, 9.17) is 18.9 Å². The molecule has 0 bridgehead atoms. The van der Waals surface area contributed by atoms with Gasteiger partial charge in [-0.25, -0.2) is 9.59 Å². The Hall–Kier alpha value is -3.43. The zero-order valence-electron chi connectivity index (χ0n) is 17.5. The maximum absolute atomic E-state index is 12.4. The van der Waals surface area contributed by atoms with Gasteiger partial charge in [0.25, 0.3) is 5.91 Å². The van der Waals surface area contributed by atoms with Gasteiger partial charge in [0, 0.05) is 11.3 Å². The maximum atomic E-state index is 12.4. The van der Waals surface area contributed by atoms with Crippen molar-refractivity contribution in [2.24, 2.45) is 0 Å². The summed E-state index contributed by atoms with van der Waals surface area (Å²) < 4.78 is 22.0. The van der Waals surface area contributed by atoms with Gasteiger partial charge in [0.05, 0.1) is 31.4 Å². The van der Waals surface area contributed by atoms with Gasteiger partial charge in [-0.3, -0.25) is 10.1 Å². The number of hydrogen-bond donors (Lipinski definition) is 2. The van der Waals surface area contributed by atoms with Crippen molar-refractivity contribution in [3.63, 3.8) is 0 Å². The lowest BCUT2D eigenvalue weighted by molar-refractivity contribution is 0.00861. The van der Waals surface area contributed by atoms with Crippen LogP contribution in [0.15, 0.2) is 54.6 Å². The standard InChI is InChI=1S/C23H24N2O7/c1-2-29-22(27)15-9-6-10-16(11-15)24-23(28)32-18-13-31-19-17(12-30-20(18)19)25-21(26)14-7-4-3-5-8-14/h3-11,17-20H,2,12-13H2,1H3,(H,24,28)(H,25,26)/t17-,18+,19+,20+/m0/s1. The Kier molecular flexibility index (Phi) is 6.67. The predicted octanol–water partition coefficient (Wildman–Crippen LogP) is 2.38. The molecule has 2 fully saturated rings. The highest BCUT2D eigenvalue weighted by atomic mass is 16.6. The van der Waals surface area contributed by atoms with E-state index >= 15 is 0 Å². The number of fused-ring (bicyclic) bond motifs is 1. The van der Waals surface area contributed by atoms with Crippen molar-refractivity contribution in [1.82, 2.24) is 5.32 Å². The number of hydrogen-bond acceptors (Lipinski definition) is 7. The lowest BCUT2D eigenvalue weighted by atomic mass is 10.1. The zero-order valence-corrected chi connectivity index (χ0v) is 17.5. The highest BCUT2D eigenvalue weighted by Gasteiger charge is 2.50. The molecule has 0 saturated carbocycles. The molecule has 2 aromatic rings. The van der Waals surface area contributed by atoms with Gasteiger partial charge in [0.1, 0.15) is 12.2 Å². The SMILES string of the molecule is CCOC(=O)c1cccc(NC(=O)O[C@@H]2CO[C@H]3[C@@H]2OC[C@@H]3NC(=O)c2ccccc2)c1. The van der Waals surface area contributed by atoms with Gasteiger partial charge in [-0.05, 0) is 37.3 Å². The summed E-state index contributed by atoms with van der Waals surface area (Å²) in [4.78, 5) is 36.7. The molecule has 0 radical (unpaired) electrons. The summed E-state index contributed by atoms with van der Waals surface area (Å²) in [5.41, 5.74) is 1.27. The van der Waals surface area contributed by atoms with Crippen molar-refractivity contribution >= 4 is 23.7 Å². The molecule has 168 valence electrons. The molecule has 2 N–H and O–H groups in total. The fraction of sp³-hybridized carbons (Fsp3) is 0.348. The van der Waals surface area contributed by atoms with Gasteiger partial charge in [-0.2, -0.15) is 0 Å². The van der Waals surface area contributed by atoms with E-state index in [1.165, 1.54) is 6.07 Å². The van der Waals surface area contributed by atoms with Gasteiger partial charge in [0.15, 0.2) is 6.10 Å². The number of nitrogens with one attached hydrogen (secondary N) is 2. The molecule has 2 aliphatic rings. The minimum atomic E-state index is -0.694. The summed E-state index contributed by atoms with van der Waals surface area (Å²) >= 11 is 0. The molecule has 9 heteroatoms. The average molecular weight is 440 g/mol. The molecule has 2 amide bonds. The van der Waals surface area contributed by atoms with E-state index in [0.29, 0.717) is 16.8 Å². The minimum absolute atomic E-state index is 0.156. The van der Waals surface area contributed by atoms with Crippen LogP contribution in [-0.2, 0) is 18.9 Å². The number of anilines is 1. The third kappa shape index (κ3) is 4.90. The minimum Gasteiger partial charge on any atom is -0.462 e. The molecule has 2 aliphatic heterocycles. The van der Waals surface area contributed by atoms with Gasteiger partial charge in [0.2, 0.25) is 0 Å². The van der Waals surface area contributed by atoms with Crippen molar-refractivity contribution < 1.29 is 33.3 Å². The Morgan fingerprint density at radius 2 is 1.72 bits per heavy atom. The predicted molar refractivity (Wildman–Crippen MR) is 113 cm³/mol. The Labute approximate surface area is 185 Å². The topological polar surface area (TPSA) is 112 Å². The maximum Gasteiger partial charge on any atom is 0.412 e. The summed E-state index contributed by atoms with van der Waals surface area (Å²) in [7, 11) is 0. The first-order chi connectivity index (χ1) is 15.5. The first-order valence-electron chi connectivity index (χ1n) is 10.4. The van der Waals surface area contributed by atoms with Gasteiger partial charge < -0.3 is 24.3 Å². The monoisotopic (exact) mass is 440 g/mol. The summed E-state index contributed by atoms with van der Waals surface area (Å²) in [5, 5.41) is 5.52. The first-order valence-corrected chi connectivity index (χ1v) is 10.4. The van der Waals surface area contributed by atoms with Crippen LogP contribution < -0.4 is 10.6 Å². The largest absolute Gasteiger partial charge is 0.462 e. The number of amides is 2. The van der Waals surface area contributed by atoms with Crippen LogP contribution in [0.5, 0.6) is 0 Å². The Balaban J connectivity index is 1.31. The van der Waals surface area contributed by atoms with E-state index < -0.39 is 30.4 Å². The van der Waals surface area contributed by atoms with Crippen LogP contribution in [0.1, 0.15) is 27.6 Å². The molecule has 9 nitrogen and oxygen atoms in total. The molecule has 0 aromatic heterocycles. The van der Waals surface area contributed by atoms with Gasteiger partial charge >= 0.3 is 12.1 Å². The molecular formula is C23H24N2O7. The van der Waals surface area contributed by atoms with Gasteiger partial charge in [-0.1, -0.05) is 24.3 Å². The summed E-state index contributed by atoms with van der Waals surface area (Å²) in [6, 6.07) is 14.9. The number of carbonyl (C=O) groups is 3. The Bertz CT molecular complexity index is 981. The molecule has 0 unspecified atom stereocenters. The quantitative estimate of drug-likeness (QED) is 0.663. The normalized spacial score (nSPS) is 23.8. The fourth-order valence-electron chi connectivity index (χ4n) is 3.75. The molecule has 2 heterocycles. The Morgan fingerprint density at radius 3 is 2.50 bits per heavy atom. The third-order valence-electron chi connectivity index (χ3n) is 5.24. The van der Waals surface area contributed by atoms with Crippen LogP contribution in [0.4, 0.5) is 10.5 Å². The van der Waals surface area contributed by atoms with Crippen molar-refractivity contribution in [2.45, 2.75) is 31.3 Å². The van der Waals surface area contributed by atoms with E-state index in [0.717, 1.165) is 0 Å². The van der Waals surface area contributed by atoms with Crippen LogP contribution in [0, 0.1) is 0 Å². The Morgan fingerprint density at radius 1 is 0.969 bits per heavy atom. The first kappa shape index (κ1) is 21.8. The third-order valence-corrected chi connectivity index (χ3v) is 5.24. The highest BCUT2D eigenvalue weighted by molar-refractivity contribution is 5.94. The summed E-state index contributed by atoms with van der Waals surface area (Å²) in [6.07, 6.45) is -2.20. The lowest BCUT2D eigenvalue weighted by Gasteiger charge is -2.18. The van der Waals surface area contributed by atoms with Crippen molar-refractivity contribution in [2.75, 3.05) is 25.1 Å². The van der Waals surface area contributed by atoms with Crippen LogP contribution in [0.2, 0.25) is 0 Å². The van der Waals surface area contributed by atoms with E-state index in [1.54, 1.807) is 49.4 Å². The number of carbonyl (C=O) groups excluding carboxylic acids is 3. The highest BCUT2D eigenvalue weighted by Crippen LogP contribution is 2.29. The summed E-state index contributed by atoms with van der Waals surface area (Å²) in [6.45, 7) is 2.40. The number of esters is 1. The summed E-state index contributed by atoms with van der Waals surface area (Å²) in [5.74, 6) is -0.688. The van der Waals surface area contributed by atoms with E-state index in [9.17, 15) is 14.4 Å². The molecule has 32 heavy (non-hydrogen) atoms. The second-order valence-corrected chi connectivity index (χ2v) is 7.41. The van der Waals surface area contributed by atoms with Crippen LogP contribution in [0.25, 0.3) is 0 Å². The van der Waals surface area contributed by atoms with Crippen LogP contribution in [0.3, 0.4) is 0 Å². The lowest BCUT2D eigenvalue weighted by Crippen LogP contribution is -2.44. The molecule has 2 aromatic carbocycles. The van der Waals surface area contributed by atoms with Crippen LogP contribution >= 0.6 is 0 Å². The van der Waals surface area contributed by atoms with Crippen LogP contribution in [-0.4, -0.2) is 62.1 Å². The van der Waals surface area contributed by atoms with E-state index in [-0.39, 0.29) is 31.8 Å². The zero-order chi connectivity index (χ0) is 22.5. The molecule has 4 atom stereocenters. The van der Waals surface area contributed by atoms with E-state index in [1.807, 2.05) is 6.07 Å². The van der Waals surface area contributed by atoms with Crippen molar-refractivity contribution in [1.29, 1.82) is 0 Å². The smallest absolute Gasteiger partial charge is 0.412 e. The number of ether oxygens (including phenoxy) is 4. The van der Waals surface area contributed by atoms with E-state index in [2.05, 4.69) is 10.6 Å². The fourth-order valence-corrected chi connectivity index (χ4v) is 3.75. The van der Waals surface area contributed by atoms with Crippen molar-refractivity contribution in [3.05, 3.63) is 65.7 Å². The molecular weight excluding hydrogens is 416 g/mol.